The highest BCUT2D eigenvalue weighted by molar-refractivity contribution is 5.97. The van der Waals surface area contributed by atoms with Crippen molar-refractivity contribution in [2.24, 2.45) is 5.73 Å². The molecule has 0 bridgehead atoms. The fourth-order valence-electron chi connectivity index (χ4n) is 1.94. The Morgan fingerprint density at radius 1 is 1.47 bits per heavy atom. The topological polar surface area (TPSA) is 81.0 Å². The van der Waals surface area contributed by atoms with Crippen molar-refractivity contribution in [1.29, 1.82) is 0 Å². The van der Waals surface area contributed by atoms with Gasteiger partial charge in [0.15, 0.2) is 0 Å². The molecule has 100 valence electrons. The largest absolute Gasteiger partial charge is 0.462 e. The molecule has 0 atom stereocenters. The Morgan fingerprint density at radius 3 is 2.95 bits per heavy atom. The molecule has 1 aromatic heterocycles. The van der Waals surface area contributed by atoms with Crippen molar-refractivity contribution in [3.63, 3.8) is 0 Å². The summed E-state index contributed by atoms with van der Waals surface area (Å²) in [5.41, 5.74) is 9.26. The minimum absolute atomic E-state index is 0.339. The molecule has 0 saturated carbocycles. The maximum absolute atomic E-state index is 12.0. The number of carbonyl (C=O) groups excluding carboxylic acids is 1. The van der Waals surface area contributed by atoms with Gasteiger partial charge in [-0.05, 0) is 25.5 Å². The van der Waals surface area contributed by atoms with Crippen LogP contribution in [0.15, 0.2) is 24.3 Å². The highest BCUT2D eigenvalue weighted by Crippen LogP contribution is 2.25. The van der Waals surface area contributed by atoms with Gasteiger partial charge in [-0.25, -0.2) is 4.79 Å². The van der Waals surface area contributed by atoms with Gasteiger partial charge in [-0.2, -0.15) is 5.10 Å². The smallest absolute Gasteiger partial charge is 0.342 e. The van der Waals surface area contributed by atoms with Crippen LogP contribution >= 0.6 is 0 Å². The zero-order chi connectivity index (χ0) is 13.8. The Kier molecular flexibility index (Phi) is 3.97. The minimum atomic E-state index is -0.359. The van der Waals surface area contributed by atoms with Gasteiger partial charge in [-0.15, -0.1) is 0 Å². The summed E-state index contributed by atoms with van der Waals surface area (Å²) in [7, 11) is 0. The summed E-state index contributed by atoms with van der Waals surface area (Å²) in [6.07, 6.45) is 0. The third-order valence-corrected chi connectivity index (χ3v) is 2.86. The molecule has 0 aliphatic heterocycles. The van der Waals surface area contributed by atoms with E-state index < -0.39 is 0 Å². The third-order valence-electron chi connectivity index (χ3n) is 2.86. The molecule has 5 nitrogen and oxygen atoms in total. The van der Waals surface area contributed by atoms with Crippen molar-refractivity contribution in [1.82, 2.24) is 10.2 Å². The number of nitrogens with zero attached hydrogens (tertiary/aromatic N) is 1. The van der Waals surface area contributed by atoms with Crippen LogP contribution in [-0.2, 0) is 11.3 Å². The second kappa shape index (κ2) is 5.67. The number of carbonyl (C=O) groups is 1. The third kappa shape index (κ3) is 2.66. The zero-order valence-electron chi connectivity index (χ0n) is 11.1. The van der Waals surface area contributed by atoms with Crippen LogP contribution in [0, 0.1) is 6.92 Å². The summed E-state index contributed by atoms with van der Waals surface area (Å²) in [6, 6.07) is 7.67. The predicted octanol–water partition coefficient (Wildman–Crippen LogP) is 2.02. The molecular formula is C14H17N3O2. The van der Waals surface area contributed by atoms with Crippen LogP contribution in [0.1, 0.15) is 28.5 Å². The molecule has 2 rings (SSSR count). The molecule has 3 N–H and O–H groups in total. The van der Waals surface area contributed by atoms with Crippen molar-refractivity contribution in [3.8, 4) is 11.3 Å². The molecule has 0 fully saturated rings. The van der Waals surface area contributed by atoms with Gasteiger partial charge >= 0.3 is 5.97 Å². The highest BCUT2D eigenvalue weighted by atomic mass is 16.5. The number of ether oxygens (including phenoxy) is 1. The normalized spacial score (nSPS) is 10.5. The van der Waals surface area contributed by atoms with Crippen LogP contribution < -0.4 is 5.73 Å². The summed E-state index contributed by atoms with van der Waals surface area (Å²) in [6.45, 7) is 4.37. The number of H-pyrrole nitrogens is 1. The number of nitrogens with one attached hydrogen (secondary N) is 1. The van der Waals surface area contributed by atoms with Crippen molar-refractivity contribution < 1.29 is 9.53 Å². The fraction of sp³-hybridized carbons (Fsp3) is 0.286. The molecule has 0 aliphatic rings. The number of aromatic amines is 1. The van der Waals surface area contributed by atoms with Crippen LogP contribution in [0.3, 0.4) is 0 Å². The fourth-order valence-corrected chi connectivity index (χ4v) is 1.94. The molecule has 1 heterocycles. The van der Waals surface area contributed by atoms with Gasteiger partial charge < -0.3 is 10.5 Å². The number of esters is 1. The molecule has 0 spiro atoms. The van der Waals surface area contributed by atoms with Gasteiger partial charge in [0.2, 0.25) is 0 Å². The number of rotatable bonds is 4. The van der Waals surface area contributed by atoms with Gasteiger partial charge in [-0.1, -0.05) is 18.2 Å². The minimum Gasteiger partial charge on any atom is -0.462 e. The van der Waals surface area contributed by atoms with Crippen molar-refractivity contribution in [2.45, 2.75) is 20.4 Å². The van der Waals surface area contributed by atoms with E-state index in [-0.39, 0.29) is 5.97 Å². The molecule has 1 aromatic carbocycles. The molecule has 2 aromatic rings. The van der Waals surface area contributed by atoms with E-state index in [0.717, 1.165) is 11.1 Å². The van der Waals surface area contributed by atoms with E-state index in [9.17, 15) is 4.79 Å². The molecule has 0 amide bonds. The molecule has 5 heteroatoms. The maximum Gasteiger partial charge on any atom is 0.342 e. The molecule has 0 saturated heterocycles. The number of benzene rings is 1. The first kappa shape index (κ1) is 13.3. The Balaban J connectivity index is 2.47. The second-order valence-corrected chi connectivity index (χ2v) is 4.20. The summed E-state index contributed by atoms with van der Waals surface area (Å²) in [5, 5.41) is 7.03. The van der Waals surface area contributed by atoms with E-state index in [1.807, 2.05) is 24.3 Å². The first-order valence-electron chi connectivity index (χ1n) is 6.18. The average Bonchev–Trinajstić information content (AvgIpc) is 2.81. The molecule has 0 unspecified atom stereocenters. The van der Waals surface area contributed by atoms with Gasteiger partial charge in [-0.3, -0.25) is 5.10 Å². The van der Waals surface area contributed by atoms with E-state index in [2.05, 4.69) is 10.2 Å². The maximum atomic E-state index is 12.0. The van der Waals surface area contributed by atoms with Crippen molar-refractivity contribution in [2.75, 3.05) is 6.61 Å². The van der Waals surface area contributed by atoms with Crippen molar-refractivity contribution in [3.05, 3.63) is 41.1 Å². The lowest BCUT2D eigenvalue weighted by molar-refractivity contribution is 0.0526. The summed E-state index contributed by atoms with van der Waals surface area (Å²) in [4.78, 5) is 12.0. The van der Waals surface area contributed by atoms with Gasteiger partial charge in [0.05, 0.1) is 6.61 Å². The van der Waals surface area contributed by atoms with Gasteiger partial charge in [0.25, 0.3) is 0 Å². The standard InChI is InChI=1S/C14H17N3O2/c1-3-19-14(18)12-9(2)16-17-13(12)11-6-4-5-10(7-11)8-15/h4-7H,3,8,15H2,1-2H3,(H,16,17). The lowest BCUT2D eigenvalue weighted by Crippen LogP contribution is -2.07. The Labute approximate surface area is 111 Å². The lowest BCUT2D eigenvalue weighted by atomic mass is 10.0. The number of hydrogen-bond acceptors (Lipinski definition) is 4. The zero-order valence-corrected chi connectivity index (χ0v) is 11.1. The van der Waals surface area contributed by atoms with Gasteiger partial charge in [0, 0.05) is 17.8 Å². The van der Waals surface area contributed by atoms with E-state index >= 15 is 0 Å². The predicted molar refractivity (Wildman–Crippen MR) is 72.6 cm³/mol. The first-order valence-corrected chi connectivity index (χ1v) is 6.18. The van der Waals surface area contributed by atoms with Crippen LogP contribution in [-0.4, -0.2) is 22.8 Å². The van der Waals surface area contributed by atoms with Crippen molar-refractivity contribution >= 4 is 5.97 Å². The molecule has 0 aliphatic carbocycles. The van der Waals surface area contributed by atoms with E-state index in [1.54, 1.807) is 13.8 Å². The summed E-state index contributed by atoms with van der Waals surface area (Å²) in [5.74, 6) is -0.359. The Bertz CT molecular complexity index is 590. The number of aryl methyl sites for hydroxylation is 1. The molecule has 0 radical (unpaired) electrons. The van der Waals surface area contributed by atoms with E-state index in [0.29, 0.717) is 30.1 Å². The number of hydrogen-bond donors (Lipinski definition) is 2. The quantitative estimate of drug-likeness (QED) is 0.823. The lowest BCUT2D eigenvalue weighted by Gasteiger charge is -2.05. The summed E-state index contributed by atoms with van der Waals surface area (Å²) < 4.78 is 5.06. The monoisotopic (exact) mass is 259 g/mol. The number of nitrogens with two attached hydrogens (primary N) is 1. The van der Waals surface area contributed by atoms with E-state index in [1.165, 1.54) is 0 Å². The molecular weight excluding hydrogens is 242 g/mol. The molecule has 19 heavy (non-hydrogen) atoms. The second-order valence-electron chi connectivity index (χ2n) is 4.20. The van der Waals surface area contributed by atoms with Crippen LogP contribution in [0.25, 0.3) is 11.3 Å². The summed E-state index contributed by atoms with van der Waals surface area (Å²) >= 11 is 0. The van der Waals surface area contributed by atoms with E-state index in [4.69, 9.17) is 10.5 Å². The van der Waals surface area contributed by atoms with Crippen LogP contribution in [0.2, 0.25) is 0 Å². The highest BCUT2D eigenvalue weighted by Gasteiger charge is 2.20. The SMILES string of the molecule is CCOC(=O)c1c(-c2cccc(CN)c2)n[nH]c1C. The Morgan fingerprint density at radius 2 is 2.26 bits per heavy atom. The first-order chi connectivity index (χ1) is 9.17. The number of aromatic nitrogens is 2. The Hall–Kier alpha value is -2.14. The van der Waals surface area contributed by atoms with Gasteiger partial charge in [0.1, 0.15) is 11.3 Å². The van der Waals surface area contributed by atoms with Crippen LogP contribution in [0.4, 0.5) is 0 Å². The van der Waals surface area contributed by atoms with Crippen LogP contribution in [0.5, 0.6) is 0 Å². The average molecular weight is 259 g/mol.